The van der Waals surface area contributed by atoms with Gasteiger partial charge in [0, 0.05) is 0 Å². The van der Waals surface area contributed by atoms with Crippen LogP contribution in [0.25, 0.3) is 21.1 Å². The van der Waals surface area contributed by atoms with Gasteiger partial charge in [0.25, 0.3) is 0 Å². The van der Waals surface area contributed by atoms with Gasteiger partial charge in [0.15, 0.2) is 0 Å². The minimum atomic E-state index is -0.370. The summed E-state index contributed by atoms with van der Waals surface area (Å²) in [6.07, 6.45) is 0. The van der Waals surface area contributed by atoms with Crippen molar-refractivity contribution in [1.29, 1.82) is 0 Å². The Kier molecular flexibility index (Phi) is 4.97. The number of hydrogen-bond donors (Lipinski definition) is 0. The standard InChI is InChI=1S/C18H14ClNO2Se/c1-2-22-18(21)16-15(12-8-10-14(19)11-9-12)17(23-20-16)13-6-4-3-5-7-13/h3-11H,2H2,1H3. The van der Waals surface area contributed by atoms with E-state index in [1.165, 1.54) is 0 Å². The van der Waals surface area contributed by atoms with Crippen LogP contribution in [0, 0.1) is 0 Å². The van der Waals surface area contributed by atoms with Gasteiger partial charge in [0.2, 0.25) is 0 Å². The van der Waals surface area contributed by atoms with Crippen molar-refractivity contribution in [3.8, 4) is 21.1 Å². The monoisotopic (exact) mass is 391 g/mol. The van der Waals surface area contributed by atoms with Crippen molar-refractivity contribution in [2.45, 2.75) is 6.92 Å². The van der Waals surface area contributed by atoms with Crippen LogP contribution in [0.3, 0.4) is 0 Å². The van der Waals surface area contributed by atoms with Crippen molar-refractivity contribution in [1.82, 2.24) is 3.98 Å². The Morgan fingerprint density at radius 3 is 2.43 bits per heavy atom. The summed E-state index contributed by atoms with van der Waals surface area (Å²) in [5.41, 5.74) is 3.28. The first-order chi connectivity index (χ1) is 11.2. The van der Waals surface area contributed by atoms with Gasteiger partial charge in [-0.1, -0.05) is 0 Å². The number of aromatic nitrogens is 1. The molecule has 0 radical (unpaired) electrons. The van der Waals surface area contributed by atoms with Crippen LogP contribution in [0.2, 0.25) is 5.02 Å². The first kappa shape index (κ1) is 16.0. The van der Waals surface area contributed by atoms with E-state index in [0.29, 0.717) is 17.3 Å². The zero-order valence-corrected chi connectivity index (χ0v) is 14.9. The van der Waals surface area contributed by atoms with Gasteiger partial charge in [-0.2, -0.15) is 0 Å². The SMILES string of the molecule is CCOC(=O)c1n[se]c(-c2ccccc2)c1-c1ccc(Cl)cc1. The van der Waals surface area contributed by atoms with Gasteiger partial charge < -0.3 is 0 Å². The third kappa shape index (κ3) is 3.40. The molecule has 0 atom stereocenters. The number of hydrogen-bond acceptors (Lipinski definition) is 3. The van der Waals surface area contributed by atoms with Gasteiger partial charge in [0.05, 0.1) is 0 Å². The van der Waals surface area contributed by atoms with Gasteiger partial charge in [-0.3, -0.25) is 0 Å². The van der Waals surface area contributed by atoms with Crippen molar-refractivity contribution < 1.29 is 9.53 Å². The fourth-order valence-corrected chi connectivity index (χ4v) is 4.31. The average molecular weight is 391 g/mol. The summed E-state index contributed by atoms with van der Waals surface area (Å²) in [7, 11) is 0. The number of carbonyl (C=O) groups excluding carboxylic acids is 1. The Bertz CT molecular complexity index is 813. The second-order valence-electron chi connectivity index (χ2n) is 4.83. The van der Waals surface area contributed by atoms with Gasteiger partial charge >= 0.3 is 146 Å². The molecule has 0 unspecified atom stereocenters. The Hall–Kier alpha value is -1.87. The molecule has 0 spiro atoms. The predicted octanol–water partition coefficient (Wildman–Crippen LogP) is 4.30. The van der Waals surface area contributed by atoms with Crippen LogP contribution in [-0.2, 0) is 4.74 Å². The first-order valence-corrected chi connectivity index (χ1v) is 9.19. The van der Waals surface area contributed by atoms with Crippen molar-refractivity contribution in [2.75, 3.05) is 6.61 Å². The molecule has 0 saturated heterocycles. The summed E-state index contributed by atoms with van der Waals surface area (Å²) < 4.78 is 10.7. The molecular weight excluding hydrogens is 377 g/mol. The number of halogens is 1. The van der Waals surface area contributed by atoms with Gasteiger partial charge in [0.1, 0.15) is 0 Å². The van der Waals surface area contributed by atoms with Gasteiger partial charge in [-0.05, 0) is 0 Å². The Morgan fingerprint density at radius 1 is 1.09 bits per heavy atom. The van der Waals surface area contributed by atoms with E-state index in [9.17, 15) is 4.79 Å². The Morgan fingerprint density at radius 2 is 1.78 bits per heavy atom. The van der Waals surface area contributed by atoms with E-state index in [-0.39, 0.29) is 20.7 Å². The predicted molar refractivity (Wildman–Crippen MR) is 93.0 cm³/mol. The molecule has 0 saturated carbocycles. The summed E-state index contributed by atoms with van der Waals surface area (Å²) >= 11 is 5.83. The number of carbonyl (C=O) groups is 1. The summed E-state index contributed by atoms with van der Waals surface area (Å²) in [4.78, 5) is 12.3. The van der Waals surface area contributed by atoms with Crippen LogP contribution in [0.4, 0.5) is 0 Å². The molecule has 0 amide bonds. The van der Waals surface area contributed by atoms with Crippen molar-refractivity contribution in [3.63, 3.8) is 0 Å². The molecule has 0 bridgehead atoms. The maximum atomic E-state index is 12.3. The number of nitrogens with zero attached hydrogens (tertiary/aromatic N) is 1. The van der Waals surface area contributed by atoms with Crippen LogP contribution in [0.15, 0.2) is 54.6 Å². The molecule has 3 aromatic rings. The van der Waals surface area contributed by atoms with E-state index in [1.54, 1.807) is 6.92 Å². The molecule has 0 aliphatic heterocycles. The quantitative estimate of drug-likeness (QED) is 0.492. The zero-order valence-electron chi connectivity index (χ0n) is 12.5. The van der Waals surface area contributed by atoms with Crippen molar-refractivity contribution in [3.05, 3.63) is 65.3 Å². The zero-order chi connectivity index (χ0) is 16.2. The second kappa shape index (κ2) is 7.14. The fourth-order valence-electron chi connectivity index (χ4n) is 2.30. The third-order valence-corrected chi connectivity index (χ3v) is 5.46. The molecule has 3 rings (SSSR count). The summed E-state index contributed by atoms with van der Waals surface area (Å²) in [5, 5.41) is 0.661. The second-order valence-corrected chi connectivity index (χ2v) is 6.89. The summed E-state index contributed by atoms with van der Waals surface area (Å²) in [6, 6.07) is 17.5. The first-order valence-electron chi connectivity index (χ1n) is 7.19. The molecule has 1 aromatic heterocycles. The number of benzene rings is 2. The topological polar surface area (TPSA) is 39.2 Å². The maximum absolute atomic E-state index is 12.3. The number of esters is 1. The molecule has 116 valence electrons. The molecule has 0 fully saturated rings. The normalized spacial score (nSPS) is 10.5. The van der Waals surface area contributed by atoms with Crippen LogP contribution < -0.4 is 0 Å². The molecule has 2 aromatic carbocycles. The third-order valence-electron chi connectivity index (χ3n) is 3.33. The Balaban J connectivity index is 2.18. The molecule has 1 heterocycles. The molecule has 23 heavy (non-hydrogen) atoms. The molecule has 0 aliphatic rings. The summed E-state index contributed by atoms with van der Waals surface area (Å²) in [6.45, 7) is 2.13. The Labute approximate surface area is 145 Å². The van der Waals surface area contributed by atoms with E-state index < -0.39 is 0 Å². The molecule has 5 heteroatoms. The molecule has 0 aliphatic carbocycles. The molecule has 0 N–H and O–H groups in total. The van der Waals surface area contributed by atoms with Crippen molar-refractivity contribution in [2.24, 2.45) is 0 Å². The van der Waals surface area contributed by atoms with E-state index in [2.05, 4.69) is 3.98 Å². The minimum absolute atomic E-state index is 0.154. The van der Waals surface area contributed by atoms with Crippen LogP contribution >= 0.6 is 11.6 Å². The molecule has 3 nitrogen and oxygen atoms in total. The van der Waals surface area contributed by atoms with E-state index >= 15 is 0 Å². The van der Waals surface area contributed by atoms with Crippen molar-refractivity contribution >= 4 is 32.3 Å². The van der Waals surface area contributed by atoms with Crippen LogP contribution in [0.5, 0.6) is 0 Å². The van der Waals surface area contributed by atoms with E-state index in [0.717, 1.165) is 21.1 Å². The summed E-state index contributed by atoms with van der Waals surface area (Å²) in [5.74, 6) is -0.370. The van der Waals surface area contributed by atoms with E-state index in [1.807, 2.05) is 54.6 Å². The molecular formula is C18H14ClNO2Se. The number of ether oxygens (including phenoxy) is 1. The van der Waals surface area contributed by atoms with Gasteiger partial charge in [-0.15, -0.1) is 0 Å². The van der Waals surface area contributed by atoms with Crippen LogP contribution in [-0.4, -0.2) is 31.3 Å². The van der Waals surface area contributed by atoms with E-state index in [4.69, 9.17) is 16.3 Å². The number of rotatable bonds is 4. The van der Waals surface area contributed by atoms with Gasteiger partial charge in [-0.25, -0.2) is 0 Å². The van der Waals surface area contributed by atoms with Crippen LogP contribution in [0.1, 0.15) is 17.4 Å². The fraction of sp³-hybridized carbons (Fsp3) is 0.111. The average Bonchev–Trinajstić information content (AvgIpc) is 3.01.